The van der Waals surface area contributed by atoms with E-state index in [4.69, 9.17) is 16.5 Å². The monoisotopic (exact) mass is 451 g/mol. The number of aryl methyl sites for hydroxylation is 1. The summed E-state index contributed by atoms with van der Waals surface area (Å²) in [6.07, 6.45) is 3.99. The molecule has 0 radical (unpaired) electrons. The molecular formula is C26H25N7O. The summed E-state index contributed by atoms with van der Waals surface area (Å²) < 4.78 is 3.95. The number of benzene rings is 1. The molecule has 0 saturated heterocycles. The molecule has 0 unspecified atom stereocenters. The van der Waals surface area contributed by atoms with Crippen LogP contribution in [-0.2, 0) is 18.4 Å². The Labute approximate surface area is 197 Å². The number of hydrogen-bond donors (Lipinski definition) is 0. The Balaban J connectivity index is 1.59. The van der Waals surface area contributed by atoms with E-state index in [0.29, 0.717) is 23.8 Å². The van der Waals surface area contributed by atoms with Gasteiger partial charge in [0.05, 0.1) is 41.9 Å². The maximum atomic E-state index is 12.8. The SMILES string of the molecule is [C-]#[N+]c1cc2c(-c3nc(C4CC4)n4c3CN(C)C(=O)[C@H]4C)cccc2nc1-c1cnn(C)c1C. The lowest BCUT2D eigenvalue weighted by Crippen LogP contribution is -2.39. The highest BCUT2D eigenvalue weighted by atomic mass is 16.2. The number of carbonyl (C=O) groups is 1. The summed E-state index contributed by atoms with van der Waals surface area (Å²) in [5, 5.41) is 5.23. The topological polar surface area (TPSA) is 73.2 Å². The standard InChI is InChI=1S/C26H25N7O/c1-14-19(12-28-32(14)5)23-21(27-3)11-18-17(7-6-8-20(18)29-23)24-22-13-31(4)26(34)15(2)33(22)25(30-24)16-9-10-16/h6-8,11-12,15-16H,9-10,13H2,1-2,4-5H3/t15-/m1/s1. The molecular weight excluding hydrogens is 426 g/mol. The molecule has 1 aliphatic carbocycles. The maximum absolute atomic E-state index is 12.8. The summed E-state index contributed by atoms with van der Waals surface area (Å²) in [6.45, 7) is 12.3. The third kappa shape index (κ3) is 2.90. The van der Waals surface area contributed by atoms with Gasteiger partial charge in [0.2, 0.25) is 11.6 Å². The summed E-state index contributed by atoms with van der Waals surface area (Å²) in [5.74, 6) is 1.54. The average Bonchev–Trinajstić information content (AvgIpc) is 3.54. The number of aromatic nitrogens is 5. The highest BCUT2D eigenvalue weighted by Gasteiger charge is 2.38. The molecule has 170 valence electrons. The zero-order chi connectivity index (χ0) is 23.7. The second-order valence-corrected chi connectivity index (χ2v) is 9.39. The Morgan fingerprint density at radius 2 is 1.91 bits per heavy atom. The van der Waals surface area contributed by atoms with Gasteiger partial charge in [-0.2, -0.15) is 5.10 Å². The Morgan fingerprint density at radius 1 is 1.12 bits per heavy atom. The van der Waals surface area contributed by atoms with Crippen LogP contribution in [0.2, 0.25) is 0 Å². The molecule has 0 spiro atoms. The summed E-state index contributed by atoms with van der Waals surface area (Å²) in [4.78, 5) is 28.4. The number of amides is 1. The molecule has 8 nitrogen and oxygen atoms in total. The molecule has 4 heterocycles. The first-order chi connectivity index (χ1) is 16.4. The molecule has 1 aliphatic heterocycles. The van der Waals surface area contributed by atoms with Crippen molar-refractivity contribution >= 4 is 22.5 Å². The zero-order valence-electron chi connectivity index (χ0n) is 19.7. The van der Waals surface area contributed by atoms with E-state index < -0.39 is 0 Å². The summed E-state index contributed by atoms with van der Waals surface area (Å²) in [7, 11) is 3.73. The number of carbonyl (C=O) groups excluding carboxylic acids is 1. The molecule has 1 fully saturated rings. The molecule has 1 saturated carbocycles. The lowest BCUT2D eigenvalue weighted by atomic mass is 10.0. The van der Waals surface area contributed by atoms with E-state index in [1.54, 1.807) is 15.8 Å². The van der Waals surface area contributed by atoms with Crippen molar-refractivity contribution in [1.29, 1.82) is 0 Å². The van der Waals surface area contributed by atoms with Gasteiger partial charge in [0.25, 0.3) is 0 Å². The van der Waals surface area contributed by atoms with Crippen molar-refractivity contribution in [3.05, 3.63) is 59.1 Å². The highest BCUT2D eigenvalue weighted by Crippen LogP contribution is 2.45. The minimum Gasteiger partial charge on any atom is -0.338 e. The zero-order valence-corrected chi connectivity index (χ0v) is 19.7. The van der Waals surface area contributed by atoms with Crippen molar-refractivity contribution in [2.45, 2.75) is 45.2 Å². The number of hydrogen-bond acceptors (Lipinski definition) is 4. The van der Waals surface area contributed by atoms with Crippen molar-refractivity contribution in [3.8, 4) is 22.5 Å². The molecule has 34 heavy (non-hydrogen) atoms. The van der Waals surface area contributed by atoms with Gasteiger partial charge >= 0.3 is 0 Å². The first-order valence-electron chi connectivity index (χ1n) is 11.6. The Hall–Kier alpha value is -3.99. The maximum Gasteiger partial charge on any atom is 0.245 e. The van der Waals surface area contributed by atoms with Gasteiger partial charge in [-0.05, 0) is 44.2 Å². The molecule has 4 aromatic rings. The average molecular weight is 452 g/mol. The summed E-state index contributed by atoms with van der Waals surface area (Å²) in [5.41, 5.74) is 6.68. The van der Waals surface area contributed by atoms with Gasteiger partial charge in [0.15, 0.2) is 0 Å². The van der Waals surface area contributed by atoms with Crippen LogP contribution in [0, 0.1) is 13.5 Å². The Kier molecular flexibility index (Phi) is 4.40. The van der Waals surface area contributed by atoms with Crippen molar-refractivity contribution in [2.24, 2.45) is 7.05 Å². The van der Waals surface area contributed by atoms with Gasteiger partial charge in [-0.15, -0.1) is 0 Å². The van der Waals surface area contributed by atoms with Crippen LogP contribution in [0.25, 0.3) is 38.3 Å². The normalized spacial score (nSPS) is 17.8. The van der Waals surface area contributed by atoms with Crippen LogP contribution in [0.1, 0.15) is 48.9 Å². The van der Waals surface area contributed by atoms with Crippen LogP contribution in [0.3, 0.4) is 0 Å². The van der Waals surface area contributed by atoms with Gasteiger partial charge in [-0.3, -0.25) is 14.5 Å². The molecule has 3 aromatic heterocycles. The number of likely N-dealkylation sites (N-methyl/N-ethyl adjacent to an activating group) is 1. The predicted molar refractivity (Wildman–Crippen MR) is 129 cm³/mol. The first-order valence-corrected chi connectivity index (χ1v) is 11.6. The van der Waals surface area contributed by atoms with Gasteiger partial charge < -0.3 is 9.47 Å². The van der Waals surface area contributed by atoms with Crippen molar-refractivity contribution in [1.82, 2.24) is 29.2 Å². The lowest BCUT2D eigenvalue weighted by molar-refractivity contribution is -0.135. The van der Waals surface area contributed by atoms with E-state index in [1.807, 2.05) is 52.2 Å². The van der Waals surface area contributed by atoms with Crippen LogP contribution in [-0.4, -0.2) is 42.2 Å². The minimum absolute atomic E-state index is 0.115. The molecule has 6 rings (SSSR count). The van der Waals surface area contributed by atoms with Crippen molar-refractivity contribution < 1.29 is 4.79 Å². The van der Waals surface area contributed by atoms with Crippen LogP contribution < -0.4 is 0 Å². The quantitative estimate of drug-likeness (QED) is 0.421. The largest absolute Gasteiger partial charge is 0.338 e. The predicted octanol–water partition coefficient (Wildman–Crippen LogP) is 4.77. The van der Waals surface area contributed by atoms with Crippen LogP contribution >= 0.6 is 0 Å². The molecule has 0 bridgehead atoms. The molecule has 1 aromatic carbocycles. The number of fused-ring (bicyclic) bond motifs is 2. The first kappa shape index (κ1) is 20.6. The van der Waals surface area contributed by atoms with Crippen LogP contribution in [0.5, 0.6) is 0 Å². The summed E-state index contributed by atoms with van der Waals surface area (Å²) in [6, 6.07) is 7.68. The number of imidazole rings is 1. The van der Waals surface area contributed by atoms with Gasteiger partial charge in [0.1, 0.15) is 11.9 Å². The van der Waals surface area contributed by atoms with E-state index >= 15 is 0 Å². The highest BCUT2D eigenvalue weighted by molar-refractivity contribution is 5.99. The van der Waals surface area contributed by atoms with E-state index in [0.717, 1.165) is 57.8 Å². The van der Waals surface area contributed by atoms with Gasteiger partial charge in [-0.25, -0.2) is 9.83 Å². The third-order valence-electron chi connectivity index (χ3n) is 7.19. The van der Waals surface area contributed by atoms with E-state index in [-0.39, 0.29) is 11.9 Å². The van der Waals surface area contributed by atoms with Gasteiger partial charge in [0, 0.05) is 36.8 Å². The van der Waals surface area contributed by atoms with E-state index in [1.165, 1.54) is 0 Å². The summed E-state index contributed by atoms with van der Waals surface area (Å²) >= 11 is 0. The van der Waals surface area contributed by atoms with Crippen molar-refractivity contribution in [2.75, 3.05) is 7.05 Å². The Bertz CT molecular complexity index is 1530. The Morgan fingerprint density at radius 3 is 2.59 bits per heavy atom. The lowest BCUT2D eigenvalue weighted by Gasteiger charge is -2.31. The number of rotatable bonds is 3. The van der Waals surface area contributed by atoms with Crippen LogP contribution in [0.15, 0.2) is 30.5 Å². The fourth-order valence-corrected chi connectivity index (χ4v) is 5.05. The third-order valence-corrected chi connectivity index (χ3v) is 7.19. The smallest absolute Gasteiger partial charge is 0.245 e. The molecule has 0 N–H and O–H groups in total. The second-order valence-electron chi connectivity index (χ2n) is 9.39. The fourth-order valence-electron chi connectivity index (χ4n) is 5.05. The molecule has 8 heteroatoms. The minimum atomic E-state index is -0.266. The second kappa shape index (κ2) is 7.26. The van der Waals surface area contributed by atoms with Crippen molar-refractivity contribution in [3.63, 3.8) is 0 Å². The number of nitrogens with zero attached hydrogens (tertiary/aromatic N) is 7. The fraction of sp³-hybridized carbons (Fsp3) is 0.346. The van der Waals surface area contributed by atoms with E-state index in [9.17, 15) is 4.79 Å². The van der Waals surface area contributed by atoms with Gasteiger partial charge in [-0.1, -0.05) is 12.1 Å². The van der Waals surface area contributed by atoms with Crippen LogP contribution in [0.4, 0.5) is 5.69 Å². The molecule has 1 amide bonds. The molecule has 2 aliphatic rings. The number of pyridine rings is 1. The molecule has 1 atom stereocenters. The van der Waals surface area contributed by atoms with E-state index in [2.05, 4.69) is 14.5 Å².